The minimum absolute atomic E-state index is 0.593. The van der Waals surface area contributed by atoms with Crippen molar-refractivity contribution in [3.05, 3.63) is 12.2 Å². The van der Waals surface area contributed by atoms with Crippen LogP contribution in [0.3, 0.4) is 0 Å². The van der Waals surface area contributed by atoms with Gasteiger partial charge in [0.25, 0.3) is 0 Å². The molecule has 0 spiro atoms. The summed E-state index contributed by atoms with van der Waals surface area (Å²) >= 11 is 0. The number of hydrogen-bond donors (Lipinski definition) is 0. The topological polar surface area (TPSA) is 0 Å². The van der Waals surface area contributed by atoms with Gasteiger partial charge in [0.2, 0.25) is 0 Å². The molecule has 0 aromatic carbocycles. The summed E-state index contributed by atoms with van der Waals surface area (Å²) in [6.07, 6.45) is 20.6. The van der Waals surface area contributed by atoms with Crippen molar-refractivity contribution in [3.8, 4) is 0 Å². The third-order valence-corrected chi connectivity index (χ3v) is 10.3. The van der Waals surface area contributed by atoms with Crippen molar-refractivity contribution in [2.45, 2.75) is 118 Å². The van der Waals surface area contributed by atoms with Crippen LogP contribution in [-0.4, -0.2) is 0 Å². The first-order valence-electron chi connectivity index (χ1n) is 12.6. The van der Waals surface area contributed by atoms with Gasteiger partial charge in [0.1, 0.15) is 0 Å². The van der Waals surface area contributed by atoms with Gasteiger partial charge < -0.3 is 0 Å². The van der Waals surface area contributed by atoms with Crippen molar-refractivity contribution >= 4 is 0 Å². The van der Waals surface area contributed by atoms with E-state index in [-0.39, 0.29) is 0 Å². The molecule has 0 bridgehead atoms. The van der Waals surface area contributed by atoms with Crippen LogP contribution in [0.15, 0.2) is 12.2 Å². The normalized spacial score (nSPS) is 46.9. The fourth-order valence-corrected chi connectivity index (χ4v) is 9.33. The second-order valence-corrected chi connectivity index (χ2v) is 12.0. The lowest BCUT2D eigenvalue weighted by Crippen LogP contribution is -2.58. The predicted molar refractivity (Wildman–Crippen MR) is 118 cm³/mol. The lowest BCUT2D eigenvalue weighted by atomic mass is 9.38. The van der Waals surface area contributed by atoms with Crippen LogP contribution in [0.5, 0.6) is 0 Å². The predicted octanol–water partition coefficient (Wildman–Crippen LogP) is 8.56. The van der Waals surface area contributed by atoms with E-state index in [4.69, 9.17) is 6.58 Å². The molecule has 4 aliphatic carbocycles. The zero-order chi connectivity index (χ0) is 19.3. The first kappa shape index (κ1) is 20.0. The summed E-state index contributed by atoms with van der Waals surface area (Å²) in [5.74, 6) is 3.62. The van der Waals surface area contributed by atoms with E-state index >= 15 is 0 Å². The Bertz CT molecular complexity index is 558. The fourth-order valence-electron chi connectivity index (χ4n) is 9.33. The van der Waals surface area contributed by atoms with Gasteiger partial charge in [-0.1, -0.05) is 72.0 Å². The van der Waals surface area contributed by atoms with Crippen LogP contribution < -0.4 is 0 Å². The Morgan fingerprint density at radius 3 is 2.52 bits per heavy atom. The molecule has 0 saturated heterocycles. The Morgan fingerprint density at radius 2 is 1.78 bits per heavy atom. The largest absolute Gasteiger partial charge is 0.0995 e. The first-order valence-corrected chi connectivity index (χ1v) is 12.6. The number of allylic oxidation sites excluding steroid dienone is 1. The summed E-state index contributed by atoms with van der Waals surface area (Å²) in [4.78, 5) is 0. The lowest BCUT2D eigenvalue weighted by molar-refractivity contribution is -0.140. The lowest BCUT2D eigenvalue weighted by Gasteiger charge is -2.66. The maximum Gasteiger partial charge on any atom is -0.0138 e. The van der Waals surface area contributed by atoms with E-state index < -0.39 is 0 Å². The highest BCUT2D eigenvalue weighted by Crippen LogP contribution is 2.72. The fraction of sp³-hybridized carbons (Fsp3) is 0.926. The standard InChI is InChI=1S/C27H46/c1-6-7-15-27-16-9-8-13-25(27,5)22-12-17-26(18-20(2)3)14-10-11-23(26)24(22)21(4)19-27/h20,22-24H,4,6-19H2,1-3,5H3/t22?,23?,24?,25-,26+,27-/m1/s1. The van der Waals surface area contributed by atoms with Gasteiger partial charge in [0.05, 0.1) is 0 Å². The minimum atomic E-state index is 0.593. The van der Waals surface area contributed by atoms with Crippen molar-refractivity contribution in [1.29, 1.82) is 0 Å². The van der Waals surface area contributed by atoms with E-state index in [9.17, 15) is 0 Å². The highest BCUT2D eigenvalue weighted by atomic mass is 14.7. The minimum Gasteiger partial charge on any atom is -0.0995 e. The monoisotopic (exact) mass is 370 g/mol. The van der Waals surface area contributed by atoms with Crippen molar-refractivity contribution in [3.63, 3.8) is 0 Å². The highest BCUT2D eigenvalue weighted by molar-refractivity contribution is 5.24. The molecule has 0 aromatic heterocycles. The number of fused-ring (bicyclic) bond motifs is 5. The molecule has 6 atom stereocenters. The smallest absolute Gasteiger partial charge is 0.0138 e. The Balaban J connectivity index is 1.68. The summed E-state index contributed by atoms with van der Waals surface area (Å²) in [7, 11) is 0. The van der Waals surface area contributed by atoms with Gasteiger partial charge in [-0.2, -0.15) is 0 Å². The molecule has 0 radical (unpaired) electrons. The van der Waals surface area contributed by atoms with Gasteiger partial charge >= 0.3 is 0 Å². The molecule has 3 unspecified atom stereocenters. The van der Waals surface area contributed by atoms with Gasteiger partial charge in [0.15, 0.2) is 0 Å². The summed E-state index contributed by atoms with van der Waals surface area (Å²) in [6, 6.07) is 0. The van der Waals surface area contributed by atoms with Crippen LogP contribution in [0.25, 0.3) is 0 Å². The maximum atomic E-state index is 4.84. The van der Waals surface area contributed by atoms with Gasteiger partial charge in [-0.15, -0.1) is 0 Å². The molecule has 0 N–H and O–H groups in total. The van der Waals surface area contributed by atoms with Crippen LogP contribution in [0.2, 0.25) is 0 Å². The Morgan fingerprint density at radius 1 is 1.00 bits per heavy atom. The van der Waals surface area contributed by atoms with Crippen molar-refractivity contribution in [2.75, 3.05) is 0 Å². The molecule has 4 fully saturated rings. The third-order valence-electron chi connectivity index (χ3n) is 10.3. The Hall–Kier alpha value is -0.260. The summed E-state index contributed by atoms with van der Waals surface area (Å²) in [6.45, 7) is 14.9. The third kappa shape index (κ3) is 2.98. The zero-order valence-electron chi connectivity index (χ0n) is 18.9. The summed E-state index contributed by atoms with van der Waals surface area (Å²) in [5, 5.41) is 0. The van der Waals surface area contributed by atoms with E-state index in [1.807, 2.05) is 0 Å². The molecule has 4 aliphatic rings. The first-order chi connectivity index (χ1) is 12.9. The molecule has 0 aromatic rings. The molecule has 154 valence electrons. The Labute approximate surface area is 170 Å². The molecule has 0 nitrogen and oxygen atoms in total. The molecule has 0 amide bonds. The van der Waals surface area contributed by atoms with Crippen LogP contribution in [0, 0.1) is 39.9 Å². The molecule has 0 heteroatoms. The van der Waals surface area contributed by atoms with Gasteiger partial charge in [-0.05, 0) is 97.7 Å². The van der Waals surface area contributed by atoms with Crippen molar-refractivity contribution in [1.82, 2.24) is 0 Å². The molecular weight excluding hydrogens is 324 g/mol. The molecule has 4 saturated carbocycles. The van der Waals surface area contributed by atoms with Gasteiger partial charge in [-0.25, -0.2) is 0 Å². The van der Waals surface area contributed by atoms with E-state index in [2.05, 4.69) is 27.7 Å². The zero-order valence-corrected chi connectivity index (χ0v) is 18.9. The molecular formula is C27H46. The van der Waals surface area contributed by atoms with Gasteiger partial charge in [-0.3, -0.25) is 0 Å². The quantitative estimate of drug-likeness (QED) is 0.425. The van der Waals surface area contributed by atoms with E-state index in [1.165, 1.54) is 89.9 Å². The van der Waals surface area contributed by atoms with Crippen molar-refractivity contribution < 1.29 is 0 Å². The second kappa shape index (κ2) is 7.21. The maximum absolute atomic E-state index is 4.84. The van der Waals surface area contributed by atoms with E-state index in [0.717, 1.165) is 23.7 Å². The van der Waals surface area contributed by atoms with Gasteiger partial charge in [0, 0.05) is 0 Å². The van der Waals surface area contributed by atoms with E-state index in [1.54, 1.807) is 5.57 Å². The van der Waals surface area contributed by atoms with Crippen LogP contribution in [-0.2, 0) is 0 Å². The van der Waals surface area contributed by atoms with Crippen LogP contribution in [0.1, 0.15) is 118 Å². The van der Waals surface area contributed by atoms with Crippen molar-refractivity contribution in [2.24, 2.45) is 39.9 Å². The average Bonchev–Trinajstić information content (AvgIpc) is 3.03. The number of unbranched alkanes of at least 4 members (excludes halogenated alkanes) is 1. The Kier molecular flexibility index (Phi) is 5.35. The highest BCUT2D eigenvalue weighted by Gasteiger charge is 2.63. The number of rotatable bonds is 5. The molecule has 4 rings (SSSR count). The van der Waals surface area contributed by atoms with Crippen LogP contribution >= 0.6 is 0 Å². The molecule has 0 aliphatic heterocycles. The van der Waals surface area contributed by atoms with E-state index in [0.29, 0.717) is 16.2 Å². The molecule has 27 heavy (non-hydrogen) atoms. The number of hydrogen-bond acceptors (Lipinski definition) is 0. The van der Waals surface area contributed by atoms with Crippen LogP contribution in [0.4, 0.5) is 0 Å². The average molecular weight is 371 g/mol. The second-order valence-electron chi connectivity index (χ2n) is 12.0. The SMILES string of the molecule is C=C1C[C@@]2(CCCC)CCCC[C@]2(C)C2CC[C@]3(CC(C)C)CCCC3C12. The summed E-state index contributed by atoms with van der Waals surface area (Å²) < 4.78 is 0. The summed E-state index contributed by atoms with van der Waals surface area (Å²) in [5.41, 5.74) is 3.57. The molecule has 0 heterocycles.